The third kappa shape index (κ3) is 20.9. The standard InChI is InChI=1S/C17H39O12P3/c1-5-6-11-24-30(18,19)26-13-8-15-28-32(22,23)29-16-9-14-27-31(20,21)25-12-7-10-17(2,3)4/h5-16H2,1-4H3,(H,18,19)(H,20,21)(H,22,23). The Morgan fingerprint density at radius 1 is 0.562 bits per heavy atom. The van der Waals surface area contributed by atoms with Crippen LogP contribution in [0.3, 0.4) is 0 Å². The van der Waals surface area contributed by atoms with Gasteiger partial charge in [0.1, 0.15) is 0 Å². The lowest BCUT2D eigenvalue weighted by Crippen LogP contribution is -2.07. The van der Waals surface area contributed by atoms with Gasteiger partial charge in [-0.05, 0) is 37.5 Å². The number of phosphoric acid groups is 3. The highest BCUT2D eigenvalue weighted by molar-refractivity contribution is 7.47. The summed E-state index contributed by atoms with van der Waals surface area (Å²) >= 11 is 0. The highest BCUT2D eigenvalue weighted by atomic mass is 31.2. The Morgan fingerprint density at radius 3 is 1.12 bits per heavy atom. The fraction of sp³-hybridized carbons (Fsp3) is 1.00. The van der Waals surface area contributed by atoms with Gasteiger partial charge in [-0.2, -0.15) is 0 Å². The molecule has 3 atom stereocenters. The van der Waals surface area contributed by atoms with Gasteiger partial charge in [0.2, 0.25) is 0 Å². The van der Waals surface area contributed by atoms with Gasteiger partial charge in [0.15, 0.2) is 0 Å². The van der Waals surface area contributed by atoms with Crippen molar-refractivity contribution < 1.29 is 55.5 Å². The summed E-state index contributed by atoms with van der Waals surface area (Å²) in [6, 6.07) is 0. The Morgan fingerprint density at radius 2 is 0.844 bits per heavy atom. The zero-order chi connectivity index (χ0) is 24.7. The maximum absolute atomic E-state index is 11.7. The zero-order valence-corrected chi connectivity index (χ0v) is 22.0. The minimum atomic E-state index is -4.35. The predicted octanol–water partition coefficient (Wildman–Crippen LogP) is 4.79. The number of hydrogen-bond donors (Lipinski definition) is 3. The first kappa shape index (κ1) is 32.3. The SMILES string of the molecule is CCCCOP(=O)(O)OCCCOP(=O)(O)OCCCOP(=O)(O)OCCCC(C)(C)C. The first-order valence-corrected chi connectivity index (χ1v) is 15.0. The summed E-state index contributed by atoms with van der Waals surface area (Å²) in [6.07, 6.45) is 2.96. The lowest BCUT2D eigenvalue weighted by Gasteiger charge is -2.18. The van der Waals surface area contributed by atoms with E-state index >= 15 is 0 Å². The van der Waals surface area contributed by atoms with Crippen LogP contribution >= 0.6 is 23.5 Å². The van der Waals surface area contributed by atoms with E-state index in [1.54, 1.807) is 0 Å². The van der Waals surface area contributed by atoms with Gasteiger partial charge in [0.25, 0.3) is 0 Å². The molecule has 0 saturated heterocycles. The topological polar surface area (TPSA) is 167 Å². The lowest BCUT2D eigenvalue weighted by atomic mass is 9.91. The van der Waals surface area contributed by atoms with Crippen molar-refractivity contribution in [2.75, 3.05) is 39.6 Å². The van der Waals surface area contributed by atoms with E-state index in [9.17, 15) is 28.4 Å². The molecule has 0 aromatic carbocycles. The monoisotopic (exact) mass is 528 g/mol. The summed E-state index contributed by atoms with van der Waals surface area (Å²) in [6.45, 7) is 7.30. The van der Waals surface area contributed by atoms with Crippen LogP contribution in [-0.4, -0.2) is 54.3 Å². The Hall–Kier alpha value is 0.330. The first-order valence-electron chi connectivity index (χ1n) is 10.5. The average molecular weight is 528 g/mol. The van der Waals surface area contributed by atoms with Crippen LogP contribution in [0.25, 0.3) is 0 Å². The van der Waals surface area contributed by atoms with Gasteiger partial charge in [-0.25, -0.2) is 13.7 Å². The Kier molecular flexibility index (Phi) is 16.3. The van der Waals surface area contributed by atoms with Crippen LogP contribution in [0.4, 0.5) is 0 Å². The Bertz CT molecular complexity index is 637. The van der Waals surface area contributed by atoms with Gasteiger partial charge in [-0.15, -0.1) is 0 Å². The van der Waals surface area contributed by atoms with Gasteiger partial charge in [-0.1, -0.05) is 34.1 Å². The van der Waals surface area contributed by atoms with Crippen LogP contribution in [0.15, 0.2) is 0 Å². The predicted molar refractivity (Wildman–Crippen MR) is 118 cm³/mol. The van der Waals surface area contributed by atoms with E-state index in [0.29, 0.717) is 12.8 Å². The summed E-state index contributed by atoms with van der Waals surface area (Å²) in [4.78, 5) is 28.5. The largest absolute Gasteiger partial charge is 0.472 e. The molecule has 0 saturated carbocycles. The second-order valence-electron chi connectivity index (χ2n) is 8.13. The number of hydrogen-bond acceptors (Lipinski definition) is 9. The molecule has 0 aliphatic carbocycles. The molecule has 0 spiro atoms. The molecule has 0 radical (unpaired) electrons. The summed E-state index contributed by atoms with van der Waals surface area (Å²) in [5.74, 6) is 0. The molecule has 15 heteroatoms. The second-order valence-corrected chi connectivity index (χ2v) is 12.5. The molecule has 32 heavy (non-hydrogen) atoms. The van der Waals surface area contributed by atoms with Crippen LogP contribution in [0.5, 0.6) is 0 Å². The molecule has 194 valence electrons. The van der Waals surface area contributed by atoms with Crippen LogP contribution in [0.2, 0.25) is 0 Å². The van der Waals surface area contributed by atoms with Crippen molar-refractivity contribution in [3.63, 3.8) is 0 Å². The van der Waals surface area contributed by atoms with Gasteiger partial charge >= 0.3 is 23.5 Å². The van der Waals surface area contributed by atoms with E-state index in [1.165, 1.54) is 0 Å². The quantitative estimate of drug-likeness (QED) is 0.146. The summed E-state index contributed by atoms with van der Waals surface area (Å²) in [5, 5.41) is 0. The highest BCUT2D eigenvalue weighted by Gasteiger charge is 2.24. The molecule has 3 N–H and O–H groups in total. The zero-order valence-electron chi connectivity index (χ0n) is 19.3. The fourth-order valence-electron chi connectivity index (χ4n) is 2.06. The molecule has 0 bridgehead atoms. The van der Waals surface area contributed by atoms with E-state index in [-0.39, 0.29) is 57.9 Å². The van der Waals surface area contributed by atoms with Crippen molar-refractivity contribution in [2.45, 2.75) is 66.2 Å². The molecule has 3 unspecified atom stereocenters. The highest BCUT2D eigenvalue weighted by Crippen LogP contribution is 2.46. The number of phosphoric ester groups is 3. The van der Waals surface area contributed by atoms with Crippen molar-refractivity contribution in [3.05, 3.63) is 0 Å². The third-order valence-corrected chi connectivity index (χ3v) is 6.73. The normalized spacial score (nSPS) is 18.1. The average Bonchev–Trinajstić information content (AvgIpc) is 2.64. The van der Waals surface area contributed by atoms with Crippen molar-refractivity contribution in [1.29, 1.82) is 0 Å². The van der Waals surface area contributed by atoms with Gasteiger partial charge in [0, 0.05) is 0 Å². The van der Waals surface area contributed by atoms with Crippen LogP contribution in [-0.2, 0) is 40.8 Å². The lowest BCUT2D eigenvalue weighted by molar-refractivity contribution is 0.114. The second kappa shape index (κ2) is 16.1. The summed E-state index contributed by atoms with van der Waals surface area (Å²) in [7, 11) is -12.7. The first-order chi connectivity index (χ1) is 14.7. The minimum Gasteiger partial charge on any atom is -0.302 e. The van der Waals surface area contributed by atoms with Crippen molar-refractivity contribution in [1.82, 2.24) is 0 Å². The van der Waals surface area contributed by atoms with E-state index in [1.807, 2.05) is 6.92 Å². The van der Waals surface area contributed by atoms with E-state index in [2.05, 4.69) is 20.8 Å². The molecule has 0 aromatic rings. The fourth-order valence-corrected chi connectivity index (χ4v) is 4.44. The van der Waals surface area contributed by atoms with Crippen molar-refractivity contribution >= 4 is 23.5 Å². The van der Waals surface area contributed by atoms with E-state index in [0.717, 1.165) is 12.8 Å². The molecule has 0 heterocycles. The molecular formula is C17H39O12P3. The molecular weight excluding hydrogens is 489 g/mol. The Labute approximate surface area is 190 Å². The molecule has 0 aliphatic heterocycles. The number of unbranched alkanes of at least 4 members (excludes halogenated alkanes) is 1. The maximum Gasteiger partial charge on any atom is 0.472 e. The van der Waals surface area contributed by atoms with Crippen molar-refractivity contribution in [2.24, 2.45) is 5.41 Å². The van der Waals surface area contributed by atoms with Crippen LogP contribution in [0, 0.1) is 5.41 Å². The molecule has 0 aromatic heterocycles. The van der Waals surface area contributed by atoms with Crippen molar-refractivity contribution in [3.8, 4) is 0 Å². The minimum absolute atomic E-state index is 0.0513. The van der Waals surface area contributed by atoms with E-state index < -0.39 is 23.5 Å². The molecule has 0 rings (SSSR count). The van der Waals surface area contributed by atoms with Gasteiger partial charge in [-0.3, -0.25) is 27.1 Å². The Balaban J connectivity index is 3.86. The molecule has 0 fully saturated rings. The van der Waals surface area contributed by atoms with Crippen LogP contribution < -0.4 is 0 Å². The third-order valence-electron chi connectivity index (χ3n) is 3.67. The summed E-state index contributed by atoms with van der Waals surface area (Å²) < 4.78 is 63.5. The smallest absolute Gasteiger partial charge is 0.302 e. The van der Waals surface area contributed by atoms with E-state index in [4.69, 9.17) is 27.1 Å². The van der Waals surface area contributed by atoms with Gasteiger partial charge in [0.05, 0.1) is 39.6 Å². The number of rotatable bonds is 20. The summed E-state index contributed by atoms with van der Waals surface area (Å²) in [5.41, 5.74) is 0.0951. The van der Waals surface area contributed by atoms with Gasteiger partial charge < -0.3 is 14.7 Å². The molecule has 12 nitrogen and oxygen atoms in total. The molecule has 0 aliphatic rings. The van der Waals surface area contributed by atoms with Crippen LogP contribution in [0.1, 0.15) is 66.2 Å². The molecule has 0 amide bonds. The maximum atomic E-state index is 11.7.